The molecule has 0 unspecified atom stereocenters. The second kappa shape index (κ2) is 5.79. The molecule has 0 spiro atoms. The summed E-state index contributed by atoms with van der Waals surface area (Å²) in [5.41, 5.74) is 7.27. The summed E-state index contributed by atoms with van der Waals surface area (Å²) in [5.74, 6) is 0. The van der Waals surface area contributed by atoms with E-state index in [2.05, 4.69) is 9.71 Å². The number of nitrogens with one attached hydrogen (secondary N) is 1. The molecule has 0 saturated heterocycles. The molecule has 102 valence electrons. The number of sulfonamides is 1. The third kappa shape index (κ3) is 3.60. The van der Waals surface area contributed by atoms with Gasteiger partial charge < -0.3 is 5.73 Å². The molecule has 1 heterocycles. The first-order valence-electron chi connectivity index (χ1n) is 5.71. The molecule has 1 aromatic carbocycles. The molecule has 7 heteroatoms. The Kier molecular flexibility index (Phi) is 4.31. The van der Waals surface area contributed by atoms with E-state index in [1.165, 1.54) is 11.3 Å². The molecule has 0 atom stereocenters. The molecule has 19 heavy (non-hydrogen) atoms. The molecule has 3 N–H and O–H groups in total. The van der Waals surface area contributed by atoms with Gasteiger partial charge in [-0.25, -0.2) is 18.1 Å². The summed E-state index contributed by atoms with van der Waals surface area (Å²) in [7, 11) is -3.50. The van der Waals surface area contributed by atoms with Crippen LogP contribution in [0.2, 0.25) is 0 Å². The predicted molar refractivity (Wildman–Crippen MR) is 75.2 cm³/mol. The summed E-state index contributed by atoms with van der Waals surface area (Å²) in [6, 6.07) is 6.53. The molecule has 0 fully saturated rings. The first-order valence-corrected chi connectivity index (χ1v) is 8.07. The van der Waals surface area contributed by atoms with Crippen molar-refractivity contribution in [2.45, 2.75) is 24.9 Å². The number of aromatic nitrogens is 1. The quantitative estimate of drug-likeness (QED) is 0.873. The van der Waals surface area contributed by atoms with Crippen molar-refractivity contribution in [2.75, 3.05) is 0 Å². The summed E-state index contributed by atoms with van der Waals surface area (Å²) in [6.07, 6.45) is 0. The first-order chi connectivity index (χ1) is 9.01. The normalized spacial score (nSPS) is 11.7. The molecule has 1 aromatic heterocycles. The summed E-state index contributed by atoms with van der Waals surface area (Å²) in [5, 5.41) is 2.64. The maximum atomic E-state index is 12.0. The molecule has 0 saturated carbocycles. The molecule has 2 rings (SSSR count). The van der Waals surface area contributed by atoms with Crippen LogP contribution < -0.4 is 10.5 Å². The van der Waals surface area contributed by atoms with Crippen molar-refractivity contribution in [1.82, 2.24) is 9.71 Å². The second-order valence-corrected chi connectivity index (χ2v) is 6.76. The number of nitrogens with two attached hydrogens (primary N) is 1. The number of rotatable bonds is 5. The zero-order valence-electron chi connectivity index (χ0n) is 10.5. The van der Waals surface area contributed by atoms with Crippen LogP contribution in [0.3, 0.4) is 0 Å². The Balaban J connectivity index is 2.09. The van der Waals surface area contributed by atoms with Crippen LogP contribution in [0.25, 0.3) is 0 Å². The molecule has 0 bridgehead atoms. The zero-order chi connectivity index (χ0) is 13.9. The number of aryl methyl sites for hydroxylation is 1. The van der Waals surface area contributed by atoms with Gasteiger partial charge in [0.25, 0.3) is 0 Å². The summed E-state index contributed by atoms with van der Waals surface area (Å²) < 4.78 is 26.6. The fraction of sp³-hybridized carbons (Fsp3) is 0.250. The van der Waals surface area contributed by atoms with Gasteiger partial charge in [-0.1, -0.05) is 12.1 Å². The van der Waals surface area contributed by atoms with Crippen LogP contribution in [0.1, 0.15) is 16.3 Å². The highest BCUT2D eigenvalue weighted by molar-refractivity contribution is 7.89. The SMILES string of the molecule is Cc1csc(CNS(=O)(=O)c2ccc(CN)cc2)n1. The molecule has 5 nitrogen and oxygen atoms in total. The smallest absolute Gasteiger partial charge is 0.240 e. The van der Waals surface area contributed by atoms with Gasteiger partial charge in [0.15, 0.2) is 0 Å². The average Bonchev–Trinajstić information content (AvgIpc) is 2.82. The number of hydrogen-bond acceptors (Lipinski definition) is 5. The van der Waals surface area contributed by atoms with E-state index < -0.39 is 10.0 Å². The molecule has 0 aliphatic heterocycles. The third-order valence-corrected chi connectivity index (χ3v) is 4.93. The minimum absolute atomic E-state index is 0.208. The molecule has 0 radical (unpaired) electrons. The van der Waals surface area contributed by atoms with Crippen LogP contribution >= 0.6 is 11.3 Å². The first kappa shape index (κ1) is 14.1. The van der Waals surface area contributed by atoms with Gasteiger partial charge >= 0.3 is 0 Å². The minimum atomic E-state index is -3.50. The topological polar surface area (TPSA) is 85.1 Å². The van der Waals surface area contributed by atoms with Crippen molar-refractivity contribution >= 4 is 21.4 Å². The van der Waals surface area contributed by atoms with Gasteiger partial charge in [-0.3, -0.25) is 0 Å². The van der Waals surface area contributed by atoms with Crippen LogP contribution in [0.4, 0.5) is 0 Å². The van der Waals surface area contributed by atoms with Crippen molar-refractivity contribution in [3.8, 4) is 0 Å². The number of nitrogens with zero attached hydrogens (tertiary/aromatic N) is 1. The van der Waals surface area contributed by atoms with Gasteiger partial charge in [-0.2, -0.15) is 0 Å². The Labute approximate surface area is 116 Å². The Hall–Kier alpha value is -1.28. The van der Waals surface area contributed by atoms with Gasteiger partial charge in [0.05, 0.1) is 11.4 Å². The van der Waals surface area contributed by atoms with E-state index in [1.54, 1.807) is 24.3 Å². The van der Waals surface area contributed by atoms with Crippen molar-refractivity contribution in [3.63, 3.8) is 0 Å². The van der Waals surface area contributed by atoms with Crippen LogP contribution in [-0.4, -0.2) is 13.4 Å². The molecular formula is C12H15N3O2S2. The van der Waals surface area contributed by atoms with E-state index in [9.17, 15) is 8.42 Å². The zero-order valence-corrected chi connectivity index (χ0v) is 12.1. The maximum Gasteiger partial charge on any atom is 0.240 e. The standard InChI is InChI=1S/C12H15N3O2S2/c1-9-8-18-12(15-9)7-14-19(16,17)11-4-2-10(6-13)3-5-11/h2-5,8,14H,6-7,13H2,1H3. The van der Waals surface area contributed by atoms with E-state index in [4.69, 9.17) is 5.73 Å². The monoisotopic (exact) mass is 297 g/mol. The third-order valence-electron chi connectivity index (χ3n) is 2.55. The molecule has 0 amide bonds. The summed E-state index contributed by atoms with van der Waals surface area (Å²) in [4.78, 5) is 4.44. The molecule has 0 aliphatic carbocycles. The van der Waals surface area contributed by atoms with Crippen LogP contribution in [0.15, 0.2) is 34.5 Å². The Morgan fingerprint density at radius 2 is 2.00 bits per heavy atom. The van der Waals surface area contributed by atoms with E-state index in [-0.39, 0.29) is 11.4 Å². The second-order valence-electron chi connectivity index (χ2n) is 4.06. The van der Waals surface area contributed by atoms with E-state index in [0.717, 1.165) is 16.3 Å². The highest BCUT2D eigenvalue weighted by Gasteiger charge is 2.14. The lowest BCUT2D eigenvalue weighted by molar-refractivity contribution is 0.581. The largest absolute Gasteiger partial charge is 0.326 e. The van der Waals surface area contributed by atoms with Crippen molar-refractivity contribution < 1.29 is 8.42 Å². The fourth-order valence-corrected chi connectivity index (χ4v) is 3.32. The minimum Gasteiger partial charge on any atom is -0.326 e. The molecule has 0 aliphatic rings. The lowest BCUT2D eigenvalue weighted by atomic mass is 10.2. The summed E-state index contributed by atoms with van der Waals surface area (Å²) in [6.45, 7) is 2.48. The highest BCUT2D eigenvalue weighted by atomic mass is 32.2. The molecular weight excluding hydrogens is 282 g/mol. The van der Waals surface area contributed by atoms with Crippen LogP contribution in [-0.2, 0) is 23.1 Å². The van der Waals surface area contributed by atoms with E-state index >= 15 is 0 Å². The lowest BCUT2D eigenvalue weighted by Crippen LogP contribution is -2.23. The van der Waals surface area contributed by atoms with E-state index in [0.29, 0.717) is 6.54 Å². The van der Waals surface area contributed by atoms with E-state index in [1.807, 2.05) is 12.3 Å². The predicted octanol–water partition coefficient (Wildman–Crippen LogP) is 1.39. The Morgan fingerprint density at radius 3 is 2.53 bits per heavy atom. The van der Waals surface area contributed by atoms with Crippen molar-refractivity contribution in [1.29, 1.82) is 0 Å². The maximum absolute atomic E-state index is 12.0. The van der Waals surface area contributed by atoms with Gasteiger partial charge in [-0.15, -0.1) is 11.3 Å². The number of benzene rings is 1. The van der Waals surface area contributed by atoms with Crippen LogP contribution in [0.5, 0.6) is 0 Å². The summed E-state index contributed by atoms with van der Waals surface area (Å²) >= 11 is 1.44. The van der Waals surface area contributed by atoms with Gasteiger partial charge in [-0.05, 0) is 24.6 Å². The van der Waals surface area contributed by atoms with Gasteiger partial charge in [0, 0.05) is 17.6 Å². The highest BCUT2D eigenvalue weighted by Crippen LogP contribution is 2.13. The number of hydrogen-bond donors (Lipinski definition) is 2. The van der Waals surface area contributed by atoms with Gasteiger partial charge in [0.2, 0.25) is 10.0 Å². The van der Waals surface area contributed by atoms with Crippen molar-refractivity contribution in [2.24, 2.45) is 5.73 Å². The number of thiazole rings is 1. The van der Waals surface area contributed by atoms with Gasteiger partial charge in [0.1, 0.15) is 5.01 Å². The fourth-order valence-electron chi connectivity index (χ4n) is 1.53. The average molecular weight is 297 g/mol. The Morgan fingerprint density at radius 1 is 1.32 bits per heavy atom. The van der Waals surface area contributed by atoms with Crippen molar-refractivity contribution in [3.05, 3.63) is 45.9 Å². The van der Waals surface area contributed by atoms with Crippen LogP contribution in [0, 0.1) is 6.92 Å². The Bertz CT molecular complexity index is 648. The molecule has 2 aromatic rings. The lowest BCUT2D eigenvalue weighted by Gasteiger charge is -2.06.